The molecule has 0 spiro atoms. The van der Waals surface area contributed by atoms with E-state index in [9.17, 15) is 13.2 Å². The van der Waals surface area contributed by atoms with E-state index in [2.05, 4.69) is 20.1 Å². The fourth-order valence-corrected chi connectivity index (χ4v) is 4.25. The zero-order valence-corrected chi connectivity index (χ0v) is 19.9. The average molecular weight is 496 g/mol. The first-order chi connectivity index (χ1) is 17.2. The number of hydrogen-bond acceptors (Lipinski definition) is 6. The molecule has 1 atom stereocenters. The third kappa shape index (κ3) is 4.43. The van der Waals surface area contributed by atoms with Gasteiger partial charge in [-0.05, 0) is 56.7 Å². The zero-order chi connectivity index (χ0) is 25.4. The van der Waals surface area contributed by atoms with Crippen molar-refractivity contribution in [3.8, 4) is 11.6 Å². The molecule has 3 aromatic heterocycles. The van der Waals surface area contributed by atoms with E-state index in [0.29, 0.717) is 36.3 Å². The van der Waals surface area contributed by atoms with E-state index >= 15 is 0 Å². The second-order valence-electron chi connectivity index (χ2n) is 8.54. The number of imidazole rings is 1. The van der Waals surface area contributed by atoms with Crippen molar-refractivity contribution in [2.45, 2.75) is 39.0 Å². The van der Waals surface area contributed by atoms with Crippen LogP contribution in [0.15, 0.2) is 48.9 Å². The number of methoxy groups -OCH3 is 1. The molecule has 36 heavy (non-hydrogen) atoms. The summed E-state index contributed by atoms with van der Waals surface area (Å²) in [5, 5.41) is 4.50. The predicted octanol–water partition coefficient (Wildman–Crippen LogP) is 5.30. The first-order valence-electron chi connectivity index (χ1n) is 11.4. The Bertz CT molecular complexity index is 1420. The molecule has 0 N–H and O–H groups in total. The second-order valence-corrected chi connectivity index (χ2v) is 8.54. The van der Waals surface area contributed by atoms with Crippen LogP contribution < -0.4 is 9.64 Å². The molecule has 11 heteroatoms. The number of nitrogens with zero attached hydrogens (tertiary/aromatic N) is 7. The number of fused-ring (bicyclic) bond motifs is 1. The van der Waals surface area contributed by atoms with Gasteiger partial charge >= 0.3 is 6.18 Å². The summed E-state index contributed by atoms with van der Waals surface area (Å²) in [6.07, 6.45) is 3.15. The van der Waals surface area contributed by atoms with Crippen molar-refractivity contribution in [1.29, 1.82) is 0 Å². The number of benzene rings is 1. The molecule has 186 valence electrons. The van der Waals surface area contributed by atoms with E-state index in [0.717, 1.165) is 17.4 Å². The lowest BCUT2D eigenvalue weighted by atomic mass is 10.1. The minimum absolute atomic E-state index is 0.0677. The minimum Gasteiger partial charge on any atom is -0.479 e. The molecule has 8 nitrogen and oxygen atoms in total. The first kappa shape index (κ1) is 23.6. The van der Waals surface area contributed by atoms with E-state index in [1.165, 1.54) is 12.1 Å². The van der Waals surface area contributed by atoms with Crippen molar-refractivity contribution in [2.24, 2.45) is 0 Å². The van der Waals surface area contributed by atoms with Crippen molar-refractivity contribution >= 4 is 23.8 Å². The van der Waals surface area contributed by atoms with Gasteiger partial charge in [-0.1, -0.05) is 12.1 Å². The first-order valence-corrected chi connectivity index (χ1v) is 11.4. The highest BCUT2D eigenvalue weighted by Crippen LogP contribution is 2.41. The van der Waals surface area contributed by atoms with Gasteiger partial charge in [0.15, 0.2) is 5.82 Å². The number of rotatable bonds is 5. The van der Waals surface area contributed by atoms with Crippen molar-refractivity contribution in [2.75, 3.05) is 12.0 Å². The molecule has 1 aliphatic rings. The molecule has 0 radical (unpaired) electrons. The molecule has 0 saturated heterocycles. The van der Waals surface area contributed by atoms with Crippen LogP contribution in [0.4, 0.5) is 24.8 Å². The maximum Gasteiger partial charge on any atom is 0.418 e. The Morgan fingerprint density at radius 1 is 1.06 bits per heavy atom. The van der Waals surface area contributed by atoms with Crippen LogP contribution in [0.3, 0.4) is 0 Å². The predicted molar refractivity (Wildman–Crippen MR) is 129 cm³/mol. The molecular formula is C25H24F3N7O. The monoisotopic (exact) mass is 495 g/mol. The van der Waals surface area contributed by atoms with Gasteiger partial charge in [0.25, 0.3) is 0 Å². The third-order valence-electron chi connectivity index (χ3n) is 6.00. The maximum atomic E-state index is 13.7. The Kier molecular flexibility index (Phi) is 5.99. The van der Waals surface area contributed by atoms with Crippen molar-refractivity contribution in [1.82, 2.24) is 29.3 Å². The largest absolute Gasteiger partial charge is 0.479 e. The number of ether oxygens (including phenoxy) is 1. The lowest BCUT2D eigenvalue weighted by Gasteiger charge is -2.35. The van der Waals surface area contributed by atoms with Crippen LogP contribution in [0.5, 0.6) is 5.88 Å². The summed E-state index contributed by atoms with van der Waals surface area (Å²) >= 11 is 0. The van der Waals surface area contributed by atoms with Gasteiger partial charge in [0, 0.05) is 18.8 Å². The van der Waals surface area contributed by atoms with E-state index < -0.39 is 11.7 Å². The maximum absolute atomic E-state index is 13.7. The Labute approximate surface area is 205 Å². The highest BCUT2D eigenvalue weighted by Gasteiger charge is 2.38. The zero-order valence-electron chi connectivity index (χ0n) is 19.9. The highest BCUT2D eigenvalue weighted by atomic mass is 19.4. The standard InChI is InChI=1S/C25H24F3N7O/c1-16-14-33(15-29-16)21-10-8-18(30-23(21)36-3)9-11-22-31-24-34(32-22)13-12-17(2)35(24)20-7-5-4-6-19(20)25(26,27)28/h4-11,14-15,17H,12-13H2,1-3H3/b11-9+. The molecule has 0 bridgehead atoms. The van der Waals surface area contributed by atoms with Gasteiger partial charge in [-0.3, -0.25) is 0 Å². The number of anilines is 2. The number of halogens is 3. The smallest absolute Gasteiger partial charge is 0.418 e. The van der Waals surface area contributed by atoms with Crippen LogP contribution >= 0.6 is 0 Å². The quantitative estimate of drug-likeness (QED) is 0.374. The van der Waals surface area contributed by atoms with Gasteiger partial charge in [-0.15, -0.1) is 5.10 Å². The van der Waals surface area contributed by atoms with Gasteiger partial charge in [-0.25, -0.2) is 14.6 Å². The van der Waals surface area contributed by atoms with Gasteiger partial charge in [-0.2, -0.15) is 18.2 Å². The van der Waals surface area contributed by atoms with Crippen LogP contribution in [-0.4, -0.2) is 42.5 Å². The lowest BCUT2D eigenvalue weighted by Crippen LogP contribution is -2.37. The summed E-state index contributed by atoms with van der Waals surface area (Å²) in [6, 6.07) is 9.07. The van der Waals surface area contributed by atoms with Gasteiger partial charge < -0.3 is 14.2 Å². The van der Waals surface area contributed by atoms with E-state index in [1.54, 1.807) is 41.2 Å². The topological polar surface area (TPSA) is 73.9 Å². The minimum atomic E-state index is -4.48. The summed E-state index contributed by atoms with van der Waals surface area (Å²) in [5.74, 6) is 1.18. The number of alkyl halides is 3. The number of pyridine rings is 1. The van der Waals surface area contributed by atoms with Gasteiger partial charge in [0.2, 0.25) is 11.8 Å². The Morgan fingerprint density at radius 2 is 1.86 bits per heavy atom. The molecule has 1 aliphatic heterocycles. The molecule has 0 saturated carbocycles. The fourth-order valence-electron chi connectivity index (χ4n) is 4.25. The van der Waals surface area contributed by atoms with Crippen LogP contribution in [0.2, 0.25) is 0 Å². The van der Waals surface area contributed by atoms with Crippen LogP contribution in [0.25, 0.3) is 17.8 Å². The van der Waals surface area contributed by atoms with Crippen molar-refractivity contribution in [3.63, 3.8) is 0 Å². The van der Waals surface area contributed by atoms with Crippen molar-refractivity contribution in [3.05, 3.63) is 71.7 Å². The average Bonchev–Trinajstić information content (AvgIpc) is 3.48. The molecule has 4 heterocycles. The summed E-state index contributed by atoms with van der Waals surface area (Å²) in [4.78, 5) is 14.9. The lowest BCUT2D eigenvalue weighted by molar-refractivity contribution is -0.137. The van der Waals surface area contributed by atoms with E-state index in [-0.39, 0.29) is 11.7 Å². The summed E-state index contributed by atoms with van der Waals surface area (Å²) in [7, 11) is 1.54. The SMILES string of the molecule is COc1nc(/C=C/c2nc3n(n2)CCC(C)N3c2ccccc2C(F)(F)F)ccc1-n1cnc(C)c1. The summed E-state index contributed by atoms with van der Waals surface area (Å²) < 4.78 is 50.1. The normalized spacial score (nSPS) is 15.9. The third-order valence-corrected chi connectivity index (χ3v) is 6.00. The van der Waals surface area contributed by atoms with Crippen LogP contribution in [-0.2, 0) is 12.7 Å². The van der Waals surface area contributed by atoms with Crippen molar-refractivity contribution < 1.29 is 17.9 Å². The number of aryl methyl sites for hydroxylation is 2. The molecule has 5 rings (SSSR count). The van der Waals surface area contributed by atoms with Crippen LogP contribution in [0, 0.1) is 6.92 Å². The number of para-hydroxylation sites is 1. The van der Waals surface area contributed by atoms with Crippen LogP contribution in [0.1, 0.15) is 36.1 Å². The highest BCUT2D eigenvalue weighted by molar-refractivity contribution is 5.68. The molecule has 0 amide bonds. The molecule has 4 aromatic rings. The Balaban J connectivity index is 1.46. The number of hydrogen-bond donors (Lipinski definition) is 0. The molecule has 1 aromatic carbocycles. The van der Waals surface area contributed by atoms with Gasteiger partial charge in [0.1, 0.15) is 5.69 Å². The molecule has 0 fully saturated rings. The molecule has 1 unspecified atom stereocenters. The summed E-state index contributed by atoms with van der Waals surface area (Å²) in [5.41, 5.74) is 1.61. The number of aromatic nitrogens is 6. The molecule has 0 aliphatic carbocycles. The Hall–Kier alpha value is -4.15. The van der Waals surface area contributed by atoms with Gasteiger partial charge in [0.05, 0.1) is 36.1 Å². The summed E-state index contributed by atoms with van der Waals surface area (Å²) in [6.45, 7) is 4.35. The van der Waals surface area contributed by atoms with E-state index in [4.69, 9.17) is 4.74 Å². The molecular weight excluding hydrogens is 471 g/mol. The van der Waals surface area contributed by atoms with E-state index in [1.807, 2.05) is 36.7 Å². The second kappa shape index (κ2) is 9.14. The Morgan fingerprint density at radius 3 is 2.58 bits per heavy atom. The fraction of sp³-hybridized carbons (Fsp3) is 0.280.